The zero-order valence-electron chi connectivity index (χ0n) is 18.9. The molecule has 0 aliphatic heterocycles. The second kappa shape index (κ2) is 11.1. The number of thiophene rings is 1. The highest BCUT2D eigenvalue weighted by molar-refractivity contribution is 7.15. The van der Waals surface area contributed by atoms with Gasteiger partial charge in [0.25, 0.3) is 0 Å². The van der Waals surface area contributed by atoms with Crippen LogP contribution in [-0.4, -0.2) is 29.3 Å². The van der Waals surface area contributed by atoms with E-state index < -0.39 is 6.04 Å². The van der Waals surface area contributed by atoms with Gasteiger partial charge in [-0.05, 0) is 44.4 Å². The summed E-state index contributed by atoms with van der Waals surface area (Å²) in [5.41, 5.74) is 1.63. The van der Waals surface area contributed by atoms with Crippen molar-refractivity contribution in [1.29, 1.82) is 0 Å². The van der Waals surface area contributed by atoms with Crippen LogP contribution in [0.3, 0.4) is 0 Å². The number of aryl methyl sites for hydroxylation is 1. The lowest BCUT2D eigenvalue weighted by atomic mass is 9.86. The van der Waals surface area contributed by atoms with Crippen LogP contribution in [0.5, 0.6) is 0 Å². The standard InChI is InChI=1S/C25H31NO4S/c1-15(2)21(18(5)27)14-23(29)17(4)26-25(30)13-11-22(28)19-7-9-20(10-8-19)24-12-6-16(3)31-24/h6-10,12,15,17,21H,11,13-14H2,1-5H3,(H,26,30)/t17-,21-/m0/s1. The van der Waals surface area contributed by atoms with E-state index in [1.165, 1.54) is 11.8 Å². The zero-order chi connectivity index (χ0) is 23.1. The van der Waals surface area contributed by atoms with Gasteiger partial charge in [0.1, 0.15) is 5.78 Å². The van der Waals surface area contributed by atoms with Gasteiger partial charge in [-0.15, -0.1) is 11.3 Å². The molecule has 2 aromatic rings. The molecule has 1 heterocycles. The Balaban J connectivity index is 1.84. The van der Waals surface area contributed by atoms with Crippen LogP contribution in [0.2, 0.25) is 0 Å². The lowest BCUT2D eigenvalue weighted by molar-refractivity contribution is -0.130. The van der Waals surface area contributed by atoms with Crippen LogP contribution in [0.4, 0.5) is 0 Å². The van der Waals surface area contributed by atoms with Crippen LogP contribution in [0, 0.1) is 18.8 Å². The minimum absolute atomic E-state index is 0.0165. The summed E-state index contributed by atoms with van der Waals surface area (Å²) in [5, 5.41) is 2.65. The number of ketones is 3. The first-order valence-electron chi connectivity index (χ1n) is 10.6. The number of nitrogens with one attached hydrogen (secondary N) is 1. The predicted octanol–water partition coefficient (Wildman–Crippen LogP) is 5.01. The first-order valence-corrected chi connectivity index (χ1v) is 11.4. The van der Waals surface area contributed by atoms with E-state index in [4.69, 9.17) is 0 Å². The second-order valence-corrected chi connectivity index (χ2v) is 9.62. The van der Waals surface area contributed by atoms with E-state index >= 15 is 0 Å². The van der Waals surface area contributed by atoms with Crippen LogP contribution in [0.15, 0.2) is 36.4 Å². The maximum absolute atomic E-state index is 12.4. The summed E-state index contributed by atoms with van der Waals surface area (Å²) in [6, 6.07) is 10.8. The highest BCUT2D eigenvalue weighted by Crippen LogP contribution is 2.28. The summed E-state index contributed by atoms with van der Waals surface area (Å²) in [5.74, 6) is -0.921. The molecule has 1 amide bonds. The molecule has 2 atom stereocenters. The summed E-state index contributed by atoms with van der Waals surface area (Å²) in [6.45, 7) is 8.97. The molecule has 0 radical (unpaired) electrons. The molecule has 1 aromatic heterocycles. The summed E-state index contributed by atoms with van der Waals surface area (Å²) < 4.78 is 0. The summed E-state index contributed by atoms with van der Waals surface area (Å²) >= 11 is 1.70. The predicted molar refractivity (Wildman–Crippen MR) is 124 cm³/mol. The second-order valence-electron chi connectivity index (χ2n) is 8.33. The molecule has 31 heavy (non-hydrogen) atoms. The Labute approximate surface area is 188 Å². The Bertz CT molecular complexity index is 943. The lowest BCUT2D eigenvalue weighted by Crippen LogP contribution is -2.40. The fourth-order valence-corrected chi connectivity index (χ4v) is 4.29. The summed E-state index contributed by atoms with van der Waals surface area (Å²) in [6.07, 6.45) is 0.207. The van der Waals surface area contributed by atoms with Gasteiger partial charge in [-0.25, -0.2) is 0 Å². The third-order valence-electron chi connectivity index (χ3n) is 5.42. The van der Waals surface area contributed by atoms with Crippen molar-refractivity contribution in [3.8, 4) is 10.4 Å². The monoisotopic (exact) mass is 441 g/mol. The summed E-state index contributed by atoms with van der Waals surface area (Å²) in [7, 11) is 0. The summed E-state index contributed by atoms with van der Waals surface area (Å²) in [4.78, 5) is 51.1. The van der Waals surface area contributed by atoms with Crippen LogP contribution in [0.1, 0.15) is 62.2 Å². The van der Waals surface area contributed by atoms with Crippen molar-refractivity contribution in [1.82, 2.24) is 5.32 Å². The highest BCUT2D eigenvalue weighted by Gasteiger charge is 2.25. The number of hydrogen-bond acceptors (Lipinski definition) is 5. The molecular formula is C25H31NO4S. The Morgan fingerprint density at radius 1 is 0.935 bits per heavy atom. The van der Waals surface area contributed by atoms with Crippen LogP contribution in [0.25, 0.3) is 10.4 Å². The van der Waals surface area contributed by atoms with Crippen LogP contribution >= 0.6 is 11.3 Å². The first-order chi connectivity index (χ1) is 14.6. The van der Waals surface area contributed by atoms with Gasteiger partial charge in [-0.1, -0.05) is 38.1 Å². The highest BCUT2D eigenvalue weighted by atomic mass is 32.1. The Morgan fingerprint density at radius 3 is 2.10 bits per heavy atom. The molecule has 166 valence electrons. The fourth-order valence-electron chi connectivity index (χ4n) is 3.42. The first kappa shape index (κ1) is 24.7. The number of carbonyl (C=O) groups excluding carboxylic acids is 4. The van der Waals surface area contributed by atoms with Crippen molar-refractivity contribution in [2.24, 2.45) is 11.8 Å². The van der Waals surface area contributed by atoms with E-state index in [9.17, 15) is 19.2 Å². The fraction of sp³-hybridized carbons (Fsp3) is 0.440. The van der Waals surface area contributed by atoms with Crippen molar-refractivity contribution >= 4 is 34.6 Å². The average Bonchev–Trinajstić information content (AvgIpc) is 3.15. The van der Waals surface area contributed by atoms with Crippen molar-refractivity contribution in [3.63, 3.8) is 0 Å². The molecule has 0 spiro atoms. The number of amides is 1. The SMILES string of the molecule is CC(=O)[C@@H](CC(=O)[C@H](C)NC(=O)CCC(=O)c1ccc(-c2ccc(C)s2)cc1)C(C)C. The maximum Gasteiger partial charge on any atom is 0.221 e. The van der Waals surface area contributed by atoms with Gasteiger partial charge in [0, 0.05) is 40.5 Å². The number of rotatable bonds is 11. The Kier molecular flexibility index (Phi) is 8.87. The molecule has 0 unspecified atom stereocenters. The topological polar surface area (TPSA) is 80.3 Å². The third-order valence-corrected chi connectivity index (χ3v) is 6.47. The van der Waals surface area contributed by atoms with Gasteiger partial charge in [-0.2, -0.15) is 0 Å². The molecule has 6 heteroatoms. The quantitative estimate of drug-likeness (QED) is 0.497. The minimum atomic E-state index is -0.684. The minimum Gasteiger partial charge on any atom is -0.347 e. The molecule has 1 aromatic carbocycles. The molecule has 2 rings (SSSR count). The van der Waals surface area contributed by atoms with Gasteiger partial charge >= 0.3 is 0 Å². The molecule has 0 bridgehead atoms. The lowest BCUT2D eigenvalue weighted by Gasteiger charge is -2.20. The third kappa shape index (κ3) is 7.24. The zero-order valence-corrected chi connectivity index (χ0v) is 19.7. The Hall–Kier alpha value is -2.60. The molecule has 0 aliphatic rings. The van der Waals surface area contributed by atoms with E-state index in [1.807, 2.05) is 26.0 Å². The molecule has 1 N–H and O–H groups in total. The molecule has 0 saturated heterocycles. The molecular weight excluding hydrogens is 410 g/mol. The van der Waals surface area contributed by atoms with E-state index in [-0.39, 0.29) is 54.4 Å². The number of carbonyl (C=O) groups is 4. The van der Waals surface area contributed by atoms with Gasteiger partial charge in [-0.3, -0.25) is 19.2 Å². The number of benzene rings is 1. The largest absolute Gasteiger partial charge is 0.347 e. The van der Waals surface area contributed by atoms with Crippen molar-refractivity contribution in [2.45, 2.75) is 59.9 Å². The van der Waals surface area contributed by atoms with E-state index in [0.29, 0.717) is 5.56 Å². The van der Waals surface area contributed by atoms with Crippen molar-refractivity contribution < 1.29 is 19.2 Å². The number of Topliss-reactive ketones (excluding diaryl/α,β-unsaturated/α-hetero) is 3. The van der Waals surface area contributed by atoms with Gasteiger partial charge < -0.3 is 5.32 Å². The Morgan fingerprint density at radius 2 is 1.58 bits per heavy atom. The number of hydrogen-bond donors (Lipinski definition) is 1. The van der Waals surface area contributed by atoms with Crippen molar-refractivity contribution in [2.75, 3.05) is 0 Å². The van der Waals surface area contributed by atoms with Gasteiger partial charge in [0.2, 0.25) is 5.91 Å². The van der Waals surface area contributed by atoms with Crippen molar-refractivity contribution in [3.05, 3.63) is 46.8 Å². The van der Waals surface area contributed by atoms with Gasteiger partial charge in [0.15, 0.2) is 11.6 Å². The normalized spacial score (nSPS) is 13.0. The van der Waals surface area contributed by atoms with Crippen LogP contribution in [-0.2, 0) is 14.4 Å². The molecule has 0 aliphatic carbocycles. The molecule has 5 nitrogen and oxygen atoms in total. The van der Waals surface area contributed by atoms with E-state index in [0.717, 1.165) is 10.4 Å². The van der Waals surface area contributed by atoms with Gasteiger partial charge in [0.05, 0.1) is 6.04 Å². The molecule has 0 saturated carbocycles. The molecule has 0 fully saturated rings. The smallest absolute Gasteiger partial charge is 0.221 e. The van der Waals surface area contributed by atoms with E-state index in [1.54, 1.807) is 30.4 Å². The van der Waals surface area contributed by atoms with E-state index in [2.05, 4.69) is 24.4 Å². The maximum atomic E-state index is 12.4. The average molecular weight is 442 g/mol. The van der Waals surface area contributed by atoms with Crippen LogP contribution < -0.4 is 5.32 Å².